The summed E-state index contributed by atoms with van der Waals surface area (Å²) in [6, 6.07) is 2.99. The smallest absolute Gasteiger partial charge is 0.238 e. The van der Waals surface area contributed by atoms with Crippen molar-refractivity contribution in [2.24, 2.45) is 5.14 Å². The van der Waals surface area contributed by atoms with Crippen LogP contribution in [-0.2, 0) is 14.8 Å². The highest BCUT2D eigenvalue weighted by atomic mass is 32.2. The van der Waals surface area contributed by atoms with Crippen LogP contribution in [0.5, 0.6) is 0 Å². The lowest BCUT2D eigenvalue weighted by molar-refractivity contribution is -0.116. The molecule has 94 valence electrons. The van der Waals surface area contributed by atoms with Crippen molar-refractivity contribution in [2.75, 3.05) is 5.32 Å². The molecule has 0 heterocycles. The van der Waals surface area contributed by atoms with Gasteiger partial charge in [-0.25, -0.2) is 17.9 Å². The number of rotatable bonds is 4. The minimum Gasteiger partial charge on any atom is -0.324 e. The molecule has 0 radical (unpaired) electrons. The SMILES string of the molecule is CCCC(=O)Nc1cc(S(N)(=O)=O)ccc1F. The Morgan fingerprint density at radius 1 is 1.47 bits per heavy atom. The molecule has 0 saturated carbocycles. The summed E-state index contributed by atoms with van der Waals surface area (Å²) in [6.07, 6.45) is 0.849. The Balaban J connectivity index is 3.03. The second-order valence-corrected chi connectivity index (χ2v) is 5.05. The first kappa shape index (κ1) is 13.6. The van der Waals surface area contributed by atoms with Crippen LogP contribution >= 0.6 is 0 Å². The Bertz CT molecular complexity index is 528. The number of amides is 1. The first-order valence-corrected chi connectivity index (χ1v) is 6.51. The van der Waals surface area contributed by atoms with Gasteiger partial charge in [-0.2, -0.15) is 0 Å². The molecule has 0 spiro atoms. The molecule has 7 heteroatoms. The summed E-state index contributed by atoms with van der Waals surface area (Å²) in [6.45, 7) is 1.80. The summed E-state index contributed by atoms with van der Waals surface area (Å²) >= 11 is 0. The lowest BCUT2D eigenvalue weighted by atomic mass is 10.2. The molecule has 0 unspecified atom stereocenters. The fourth-order valence-electron chi connectivity index (χ4n) is 1.22. The van der Waals surface area contributed by atoms with E-state index in [-0.39, 0.29) is 22.9 Å². The Morgan fingerprint density at radius 3 is 2.65 bits per heavy atom. The minimum absolute atomic E-state index is 0.185. The van der Waals surface area contributed by atoms with Crippen molar-refractivity contribution in [3.05, 3.63) is 24.0 Å². The van der Waals surface area contributed by atoms with E-state index >= 15 is 0 Å². The zero-order valence-electron chi connectivity index (χ0n) is 9.23. The third-order valence-electron chi connectivity index (χ3n) is 2.02. The summed E-state index contributed by atoms with van der Waals surface area (Å²) in [4.78, 5) is 11.0. The minimum atomic E-state index is -3.91. The molecule has 1 rings (SSSR count). The topological polar surface area (TPSA) is 89.3 Å². The number of sulfonamides is 1. The van der Waals surface area contributed by atoms with Crippen LogP contribution in [0, 0.1) is 5.82 Å². The molecule has 1 aromatic rings. The van der Waals surface area contributed by atoms with Crippen molar-refractivity contribution < 1.29 is 17.6 Å². The third kappa shape index (κ3) is 3.79. The summed E-state index contributed by atoms with van der Waals surface area (Å²) in [5.74, 6) is -1.08. The predicted molar refractivity (Wildman–Crippen MR) is 61.3 cm³/mol. The molecular formula is C10H13FN2O3S. The van der Waals surface area contributed by atoms with E-state index in [1.165, 1.54) is 0 Å². The van der Waals surface area contributed by atoms with Crippen molar-refractivity contribution in [1.82, 2.24) is 0 Å². The maximum absolute atomic E-state index is 13.3. The molecule has 0 saturated heterocycles. The van der Waals surface area contributed by atoms with Crippen LogP contribution < -0.4 is 10.5 Å². The van der Waals surface area contributed by atoms with Crippen LogP contribution in [0.15, 0.2) is 23.1 Å². The molecule has 0 aromatic heterocycles. The lowest BCUT2D eigenvalue weighted by Crippen LogP contribution is -2.15. The Kier molecular flexibility index (Phi) is 4.19. The van der Waals surface area contributed by atoms with Gasteiger partial charge in [-0.05, 0) is 24.6 Å². The number of primary sulfonamides is 1. The predicted octanol–water partition coefficient (Wildman–Crippen LogP) is 1.21. The van der Waals surface area contributed by atoms with Gasteiger partial charge in [-0.3, -0.25) is 4.79 Å². The van der Waals surface area contributed by atoms with Gasteiger partial charge >= 0.3 is 0 Å². The largest absolute Gasteiger partial charge is 0.324 e. The number of nitrogens with one attached hydrogen (secondary N) is 1. The maximum Gasteiger partial charge on any atom is 0.238 e. The number of carbonyl (C=O) groups excluding carboxylic acids is 1. The van der Waals surface area contributed by atoms with Crippen LogP contribution in [-0.4, -0.2) is 14.3 Å². The zero-order valence-corrected chi connectivity index (χ0v) is 10.1. The van der Waals surface area contributed by atoms with Gasteiger partial charge in [0, 0.05) is 6.42 Å². The molecule has 0 aliphatic heterocycles. The van der Waals surface area contributed by atoms with Crippen molar-refractivity contribution in [2.45, 2.75) is 24.7 Å². The summed E-state index contributed by atoms with van der Waals surface area (Å²) in [5, 5.41) is 7.19. The van der Waals surface area contributed by atoms with E-state index in [2.05, 4.69) is 5.32 Å². The lowest BCUT2D eigenvalue weighted by Gasteiger charge is -2.07. The monoisotopic (exact) mass is 260 g/mol. The fourth-order valence-corrected chi connectivity index (χ4v) is 1.76. The Morgan fingerprint density at radius 2 is 2.12 bits per heavy atom. The number of nitrogens with two attached hydrogens (primary N) is 1. The number of benzene rings is 1. The van der Waals surface area contributed by atoms with E-state index in [0.29, 0.717) is 6.42 Å². The van der Waals surface area contributed by atoms with Crippen molar-refractivity contribution >= 4 is 21.6 Å². The van der Waals surface area contributed by atoms with Crippen LogP contribution in [0.1, 0.15) is 19.8 Å². The quantitative estimate of drug-likeness (QED) is 0.852. The number of halogens is 1. The average molecular weight is 260 g/mol. The van der Waals surface area contributed by atoms with Crippen molar-refractivity contribution in [3.8, 4) is 0 Å². The summed E-state index contributed by atoms with van der Waals surface area (Å²) < 4.78 is 35.4. The molecule has 3 N–H and O–H groups in total. The molecule has 1 amide bonds. The van der Waals surface area contributed by atoms with Crippen molar-refractivity contribution in [3.63, 3.8) is 0 Å². The third-order valence-corrected chi connectivity index (χ3v) is 2.93. The van der Waals surface area contributed by atoms with Gasteiger partial charge in [0.05, 0.1) is 10.6 Å². The average Bonchev–Trinajstić information content (AvgIpc) is 2.20. The number of hydrogen-bond acceptors (Lipinski definition) is 3. The molecule has 0 aliphatic rings. The molecular weight excluding hydrogens is 247 g/mol. The van der Waals surface area contributed by atoms with Gasteiger partial charge in [0.15, 0.2) is 0 Å². The highest BCUT2D eigenvalue weighted by Gasteiger charge is 2.12. The molecule has 17 heavy (non-hydrogen) atoms. The van der Waals surface area contributed by atoms with Crippen LogP contribution in [0.2, 0.25) is 0 Å². The van der Waals surface area contributed by atoms with E-state index in [9.17, 15) is 17.6 Å². The second kappa shape index (κ2) is 5.24. The highest BCUT2D eigenvalue weighted by Crippen LogP contribution is 2.19. The molecule has 0 bridgehead atoms. The van der Waals surface area contributed by atoms with Gasteiger partial charge in [-0.1, -0.05) is 6.92 Å². The number of anilines is 1. The highest BCUT2D eigenvalue weighted by molar-refractivity contribution is 7.89. The molecule has 0 atom stereocenters. The van der Waals surface area contributed by atoms with E-state index in [1.54, 1.807) is 6.92 Å². The van der Waals surface area contributed by atoms with E-state index in [1.807, 2.05) is 0 Å². The first-order valence-electron chi connectivity index (χ1n) is 4.96. The molecule has 5 nitrogen and oxygen atoms in total. The summed E-state index contributed by atoms with van der Waals surface area (Å²) in [7, 11) is -3.91. The maximum atomic E-state index is 13.3. The van der Waals surface area contributed by atoms with Crippen LogP contribution in [0.4, 0.5) is 10.1 Å². The standard InChI is InChI=1S/C10H13FN2O3S/c1-2-3-10(14)13-9-6-7(17(12,15)16)4-5-8(9)11/h4-6H,2-3H2,1H3,(H,13,14)(H2,12,15,16). The van der Waals surface area contributed by atoms with E-state index in [4.69, 9.17) is 5.14 Å². The Labute approximate surface area is 98.9 Å². The normalized spacial score (nSPS) is 11.2. The van der Waals surface area contributed by atoms with Gasteiger partial charge in [0.25, 0.3) is 0 Å². The number of hydrogen-bond donors (Lipinski definition) is 2. The summed E-state index contributed by atoms with van der Waals surface area (Å²) in [5.41, 5.74) is -0.185. The van der Waals surface area contributed by atoms with E-state index in [0.717, 1.165) is 18.2 Å². The van der Waals surface area contributed by atoms with Gasteiger partial charge in [0.1, 0.15) is 5.82 Å². The first-order chi connectivity index (χ1) is 7.84. The molecule has 0 aliphatic carbocycles. The van der Waals surface area contributed by atoms with Gasteiger partial charge in [0.2, 0.25) is 15.9 Å². The molecule has 0 fully saturated rings. The van der Waals surface area contributed by atoms with E-state index < -0.39 is 15.8 Å². The Hall–Kier alpha value is -1.47. The van der Waals surface area contributed by atoms with Gasteiger partial charge in [-0.15, -0.1) is 0 Å². The van der Waals surface area contributed by atoms with Crippen LogP contribution in [0.3, 0.4) is 0 Å². The van der Waals surface area contributed by atoms with Gasteiger partial charge < -0.3 is 5.32 Å². The second-order valence-electron chi connectivity index (χ2n) is 3.48. The molecule has 1 aromatic carbocycles. The van der Waals surface area contributed by atoms with Crippen LogP contribution in [0.25, 0.3) is 0 Å². The number of carbonyl (C=O) groups is 1. The van der Waals surface area contributed by atoms with Crippen molar-refractivity contribution in [1.29, 1.82) is 0 Å². The fraction of sp³-hybridized carbons (Fsp3) is 0.300. The zero-order chi connectivity index (χ0) is 13.1.